The fourth-order valence-electron chi connectivity index (χ4n) is 3.63. The first-order valence-corrected chi connectivity index (χ1v) is 9.67. The maximum Gasteiger partial charge on any atom is 0.220 e. The third-order valence-electron chi connectivity index (χ3n) is 5.38. The smallest absolute Gasteiger partial charge is 0.220 e. The highest BCUT2D eigenvalue weighted by molar-refractivity contribution is 5.76. The molecule has 0 spiro atoms. The zero-order chi connectivity index (χ0) is 17.4. The van der Waals surface area contributed by atoms with Gasteiger partial charge in [-0.25, -0.2) is 0 Å². The number of amides is 1. The Kier molecular flexibility index (Phi) is 7.77. The summed E-state index contributed by atoms with van der Waals surface area (Å²) < 4.78 is 0. The van der Waals surface area contributed by atoms with Gasteiger partial charge in [0, 0.05) is 25.6 Å². The highest BCUT2D eigenvalue weighted by atomic mass is 16.1. The average molecular weight is 331 g/mol. The largest absolute Gasteiger partial charge is 0.356 e. The van der Waals surface area contributed by atoms with Crippen molar-refractivity contribution in [3.05, 3.63) is 34.9 Å². The van der Waals surface area contributed by atoms with Crippen LogP contribution in [0.5, 0.6) is 0 Å². The van der Waals surface area contributed by atoms with Crippen molar-refractivity contribution >= 4 is 5.91 Å². The number of piperidine rings is 1. The lowest BCUT2D eigenvalue weighted by Crippen LogP contribution is -2.40. The van der Waals surface area contributed by atoms with E-state index in [1.165, 1.54) is 48.9 Å². The first kappa shape index (κ1) is 19.0. The van der Waals surface area contributed by atoms with E-state index in [1.54, 1.807) is 0 Å². The summed E-state index contributed by atoms with van der Waals surface area (Å²) in [6.07, 6.45) is 7.79. The first-order chi connectivity index (χ1) is 11.6. The van der Waals surface area contributed by atoms with Gasteiger partial charge in [-0.05, 0) is 69.2 Å². The van der Waals surface area contributed by atoms with E-state index in [0.717, 1.165) is 32.0 Å². The van der Waals surface area contributed by atoms with E-state index in [1.807, 2.05) is 0 Å². The molecule has 0 radical (unpaired) electrons. The third-order valence-corrected chi connectivity index (χ3v) is 5.38. The van der Waals surface area contributed by atoms with E-state index in [4.69, 9.17) is 0 Å². The van der Waals surface area contributed by atoms with Crippen LogP contribution >= 0.6 is 0 Å². The van der Waals surface area contributed by atoms with Crippen molar-refractivity contribution in [1.82, 2.24) is 10.2 Å². The molecule has 0 aliphatic carbocycles. The summed E-state index contributed by atoms with van der Waals surface area (Å²) >= 11 is 0. The van der Waals surface area contributed by atoms with Gasteiger partial charge in [0.15, 0.2) is 0 Å². The van der Waals surface area contributed by atoms with E-state index in [0.29, 0.717) is 6.42 Å². The van der Waals surface area contributed by atoms with Crippen LogP contribution in [0.15, 0.2) is 18.2 Å². The number of nitrogens with one attached hydrogen (secondary N) is 1. The van der Waals surface area contributed by atoms with Crippen LogP contribution in [0.25, 0.3) is 0 Å². The number of rotatable bonds is 8. The number of hydrogen-bond acceptors (Lipinski definition) is 2. The summed E-state index contributed by atoms with van der Waals surface area (Å²) in [5.41, 5.74) is 3.87. The van der Waals surface area contributed by atoms with Gasteiger partial charge in [0.1, 0.15) is 0 Å². The van der Waals surface area contributed by atoms with Crippen molar-refractivity contribution < 1.29 is 4.79 Å². The van der Waals surface area contributed by atoms with Crippen LogP contribution in [0.4, 0.5) is 0 Å². The number of benzene rings is 1. The quantitative estimate of drug-likeness (QED) is 0.731. The van der Waals surface area contributed by atoms with Crippen LogP contribution < -0.4 is 5.32 Å². The number of aryl methyl sites for hydroxylation is 3. The average Bonchev–Trinajstić information content (AvgIpc) is 2.60. The minimum absolute atomic E-state index is 0.180. The Bertz CT molecular complexity index is 527. The Morgan fingerprint density at radius 2 is 2.08 bits per heavy atom. The lowest BCUT2D eigenvalue weighted by Gasteiger charge is -2.35. The predicted octanol–water partition coefficient (Wildman–Crippen LogP) is 4.01. The summed E-state index contributed by atoms with van der Waals surface area (Å²) in [7, 11) is 0. The second kappa shape index (κ2) is 9.83. The standard InChI is InChI=1S/C21H34N2O/c1-4-20-8-5-6-14-23(20)15-7-13-22-21(24)12-11-19-10-9-17(2)18(3)16-19/h9-10,16,20H,4-8,11-15H2,1-3H3,(H,22,24)/t20-/m0/s1. The molecule has 1 saturated heterocycles. The molecule has 134 valence electrons. The molecule has 0 aromatic heterocycles. The van der Waals surface area contributed by atoms with Gasteiger partial charge in [0.2, 0.25) is 5.91 Å². The van der Waals surface area contributed by atoms with Gasteiger partial charge in [-0.15, -0.1) is 0 Å². The molecule has 0 bridgehead atoms. The van der Waals surface area contributed by atoms with Gasteiger partial charge in [0.05, 0.1) is 0 Å². The molecule has 1 aromatic carbocycles. The topological polar surface area (TPSA) is 32.3 Å². The predicted molar refractivity (Wildman–Crippen MR) is 101 cm³/mol. The summed E-state index contributed by atoms with van der Waals surface area (Å²) in [5, 5.41) is 3.09. The van der Waals surface area contributed by atoms with Gasteiger partial charge >= 0.3 is 0 Å². The summed E-state index contributed by atoms with van der Waals surface area (Å²) in [6.45, 7) is 9.70. The Morgan fingerprint density at radius 1 is 1.25 bits per heavy atom. The van der Waals surface area contributed by atoms with Crippen LogP contribution in [0.2, 0.25) is 0 Å². The summed E-state index contributed by atoms with van der Waals surface area (Å²) in [6, 6.07) is 7.24. The van der Waals surface area contributed by atoms with Crippen LogP contribution in [0, 0.1) is 13.8 Å². The maximum absolute atomic E-state index is 12.0. The Balaban J connectivity index is 1.61. The number of nitrogens with zero attached hydrogens (tertiary/aromatic N) is 1. The molecule has 1 aliphatic rings. The number of carbonyl (C=O) groups excluding carboxylic acids is 1. The zero-order valence-corrected chi connectivity index (χ0v) is 15.7. The minimum atomic E-state index is 0.180. The van der Waals surface area contributed by atoms with Crippen molar-refractivity contribution in [3.63, 3.8) is 0 Å². The van der Waals surface area contributed by atoms with Gasteiger partial charge < -0.3 is 10.2 Å². The molecule has 1 atom stereocenters. The highest BCUT2D eigenvalue weighted by Crippen LogP contribution is 2.19. The van der Waals surface area contributed by atoms with Crippen LogP contribution in [0.1, 0.15) is 62.1 Å². The fourth-order valence-corrected chi connectivity index (χ4v) is 3.63. The molecule has 3 heteroatoms. The number of carbonyl (C=O) groups is 1. The molecule has 3 nitrogen and oxygen atoms in total. The normalized spacial score (nSPS) is 18.5. The van der Waals surface area contributed by atoms with Crippen molar-refractivity contribution in [2.75, 3.05) is 19.6 Å². The molecule has 2 rings (SSSR count). The van der Waals surface area contributed by atoms with Gasteiger partial charge in [-0.3, -0.25) is 4.79 Å². The molecule has 24 heavy (non-hydrogen) atoms. The lowest BCUT2D eigenvalue weighted by molar-refractivity contribution is -0.121. The van der Waals surface area contributed by atoms with E-state index >= 15 is 0 Å². The van der Waals surface area contributed by atoms with Crippen molar-refractivity contribution in [3.8, 4) is 0 Å². The Labute approximate surface area is 147 Å². The molecule has 0 saturated carbocycles. The van der Waals surface area contributed by atoms with Gasteiger partial charge in [0.25, 0.3) is 0 Å². The fraction of sp³-hybridized carbons (Fsp3) is 0.667. The van der Waals surface area contributed by atoms with Crippen LogP contribution in [-0.2, 0) is 11.2 Å². The molecule has 1 aromatic rings. The van der Waals surface area contributed by atoms with Gasteiger partial charge in [-0.2, -0.15) is 0 Å². The van der Waals surface area contributed by atoms with Crippen molar-refractivity contribution in [1.29, 1.82) is 0 Å². The molecule has 1 fully saturated rings. The monoisotopic (exact) mass is 330 g/mol. The molecule has 1 aliphatic heterocycles. The third kappa shape index (κ3) is 5.94. The van der Waals surface area contributed by atoms with E-state index in [2.05, 4.69) is 49.2 Å². The lowest BCUT2D eigenvalue weighted by atomic mass is 10.00. The number of hydrogen-bond donors (Lipinski definition) is 1. The van der Waals surface area contributed by atoms with E-state index in [9.17, 15) is 4.79 Å². The minimum Gasteiger partial charge on any atom is -0.356 e. The first-order valence-electron chi connectivity index (χ1n) is 9.67. The SMILES string of the molecule is CC[C@H]1CCCCN1CCCNC(=O)CCc1ccc(C)c(C)c1. The second-order valence-electron chi connectivity index (χ2n) is 7.22. The van der Waals surface area contributed by atoms with Crippen molar-refractivity contribution in [2.24, 2.45) is 0 Å². The Hall–Kier alpha value is -1.35. The van der Waals surface area contributed by atoms with Crippen LogP contribution in [0.3, 0.4) is 0 Å². The molecule has 0 unspecified atom stereocenters. The summed E-state index contributed by atoms with van der Waals surface area (Å²) in [4.78, 5) is 14.6. The highest BCUT2D eigenvalue weighted by Gasteiger charge is 2.19. The number of likely N-dealkylation sites (tertiary alicyclic amines) is 1. The Morgan fingerprint density at radius 3 is 2.83 bits per heavy atom. The molecule has 1 N–H and O–H groups in total. The van der Waals surface area contributed by atoms with Crippen LogP contribution in [-0.4, -0.2) is 36.5 Å². The van der Waals surface area contributed by atoms with E-state index < -0.39 is 0 Å². The van der Waals surface area contributed by atoms with Crippen molar-refractivity contribution in [2.45, 2.75) is 71.8 Å². The molecular formula is C21H34N2O. The second-order valence-corrected chi connectivity index (χ2v) is 7.22. The van der Waals surface area contributed by atoms with Gasteiger partial charge in [-0.1, -0.05) is 31.5 Å². The molecule has 1 amide bonds. The summed E-state index contributed by atoms with van der Waals surface area (Å²) in [5.74, 6) is 0.180. The maximum atomic E-state index is 12.0. The molecule has 1 heterocycles. The zero-order valence-electron chi connectivity index (χ0n) is 15.7. The molecular weight excluding hydrogens is 296 g/mol. The van der Waals surface area contributed by atoms with E-state index in [-0.39, 0.29) is 5.91 Å².